The zero-order valence-electron chi connectivity index (χ0n) is 7.57. The molecule has 15 heavy (non-hydrogen) atoms. The minimum atomic E-state index is -0.237. The van der Waals surface area contributed by atoms with E-state index in [2.05, 4.69) is 36.4 Å². The Kier molecular flexibility index (Phi) is 2.77. The molecule has 1 amide bonds. The van der Waals surface area contributed by atoms with Crippen LogP contribution in [0.1, 0.15) is 10.4 Å². The van der Waals surface area contributed by atoms with Crippen LogP contribution in [0.3, 0.4) is 0 Å². The van der Waals surface area contributed by atoms with Crippen molar-refractivity contribution >= 4 is 27.7 Å². The molecule has 0 saturated carbocycles. The summed E-state index contributed by atoms with van der Waals surface area (Å²) < 4.78 is 0.865. The Labute approximate surface area is 94.0 Å². The first kappa shape index (κ1) is 9.85. The van der Waals surface area contributed by atoms with Gasteiger partial charge in [-0.2, -0.15) is 5.10 Å². The number of nitrogens with one attached hydrogen (secondary N) is 2. The smallest absolute Gasteiger partial charge is 0.259 e. The van der Waals surface area contributed by atoms with Crippen LogP contribution < -0.4 is 5.32 Å². The average molecular weight is 267 g/mol. The normalized spacial score (nSPS) is 9.93. The van der Waals surface area contributed by atoms with Gasteiger partial charge in [0.25, 0.3) is 5.91 Å². The summed E-state index contributed by atoms with van der Waals surface area (Å²) in [5.41, 5.74) is 0.472. The lowest BCUT2D eigenvalue weighted by atomic mass is 10.3. The lowest BCUT2D eigenvalue weighted by Gasteiger charge is -2.01. The first-order chi connectivity index (χ1) is 7.25. The first-order valence-corrected chi connectivity index (χ1v) is 4.97. The molecular weight excluding hydrogens is 260 g/mol. The van der Waals surface area contributed by atoms with Gasteiger partial charge in [0.05, 0.1) is 11.8 Å². The predicted molar refractivity (Wildman–Crippen MR) is 58.5 cm³/mol. The maximum absolute atomic E-state index is 11.5. The highest BCUT2D eigenvalue weighted by Crippen LogP contribution is 2.11. The highest BCUT2D eigenvalue weighted by atomic mass is 79.9. The minimum Gasteiger partial charge on any atom is -0.306 e. The van der Waals surface area contributed by atoms with E-state index in [1.807, 2.05) is 0 Å². The lowest BCUT2D eigenvalue weighted by molar-refractivity contribution is 0.102. The number of anilines is 1. The van der Waals surface area contributed by atoms with Gasteiger partial charge in [0.15, 0.2) is 0 Å². The van der Waals surface area contributed by atoms with Crippen molar-refractivity contribution in [2.45, 2.75) is 0 Å². The SMILES string of the molecule is O=C(Nc1ccc(Br)cn1)c1cn[nH]c1. The molecule has 0 unspecified atom stereocenters. The second-order valence-electron chi connectivity index (χ2n) is 2.80. The highest BCUT2D eigenvalue weighted by molar-refractivity contribution is 9.10. The van der Waals surface area contributed by atoms with E-state index >= 15 is 0 Å². The molecular formula is C9H7BrN4O. The molecule has 5 nitrogen and oxygen atoms in total. The molecule has 2 N–H and O–H groups in total. The van der Waals surface area contributed by atoms with Gasteiger partial charge in [-0.3, -0.25) is 9.89 Å². The van der Waals surface area contributed by atoms with Crippen LogP contribution in [0.5, 0.6) is 0 Å². The molecule has 76 valence electrons. The van der Waals surface area contributed by atoms with Crippen LogP contribution in [0, 0.1) is 0 Å². The van der Waals surface area contributed by atoms with Crippen molar-refractivity contribution < 1.29 is 4.79 Å². The number of carbonyl (C=O) groups is 1. The monoisotopic (exact) mass is 266 g/mol. The van der Waals surface area contributed by atoms with Gasteiger partial charge in [0, 0.05) is 16.9 Å². The van der Waals surface area contributed by atoms with Crippen LogP contribution in [0.15, 0.2) is 35.2 Å². The fraction of sp³-hybridized carbons (Fsp3) is 0. The molecule has 0 aliphatic rings. The van der Waals surface area contributed by atoms with Gasteiger partial charge >= 0.3 is 0 Å². The predicted octanol–water partition coefficient (Wildman–Crippen LogP) is 1.82. The molecule has 0 aliphatic heterocycles. The summed E-state index contributed by atoms with van der Waals surface area (Å²) in [5.74, 6) is 0.267. The molecule has 0 bridgehead atoms. The molecule has 0 radical (unpaired) electrons. The van der Waals surface area contributed by atoms with Gasteiger partial charge in [-0.1, -0.05) is 0 Å². The third-order valence-corrected chi connectivity index (χ3v) is 2.20. The van der Waals surface area contributed by atoms with Crippen molar-refractivity contribution in [2.24, 2.45) is 0 Å². The number of aromatic amines is 1. The molecule has 0 aliphatic carbocycles. The summed E-state index contributed by atoms with van der Waals surface area (Å²) in [6.45, 7) is 0. The summed E-state index contributed by atoms with van der Waals surface area (Å²) in [4.78, 5) is 15.6. The van der Waals surface area contributed by atoms with Gasteiger partial charge < -0.3 is 5.32 Å². The van der Waals surface area contributed by atoms with E-state index in [4.69, 9.17) is 0 Å². The zero-order chi connectivity index (χ0) is 10.7. The standard InChI is InChI=1S/C9H7BrN4O/c10-7-1-2-8(11-5-7)14-9(15)6-3-12-13-4-6/h1-5H,(H,12,13)(H,11,14,15). The minimum absolute atomic E-state index is 0.237. The summed E-state index contributed by atoms with van der Waals surface area (Å²) in [6.07, 6.45) is 4.59. The molecule has 2 aromatic heterocycles. The number of amides is 1. The molecule has 2 heterocycles. The van der Waals surface area contributed by atoms with Gasteiger partial charge in [0.1, 0.15) is 5.82 Å². The number of pyridine rings is 1. The summed E-state index contributed by atoms with van der Waals surface area (Å²) in [6, 6.07) is 3.51. The number of halogens is 1. The Morgan fingerprint density at radius 2 is 2.27 bits per heavy atom. The number of hydrogen-bond donors (Lipinski definition) is 2. The second kappa shape index (κ2) is 4.22. The number of hydrogen-bond acceptors (Lipinski definition) is 3. The van der Waals surface area contributed by atoms with E-state index in [9.17, 15) is 4.79 Å². The summed E-state index contributed by atoms with van der Waals surface area (Å²) in [7, 11) is 0. The first-order valence-electron chi connectivity index (χ1n) is 4.17. The maximum atomic E-state index is 11.5. The van der Waals surface area contributed by atoms with Crippen molar-refractivity contribution in [1.82, 2.24) is 15.2 Å². The Bertz CT molecular complexity index is 451. The van der Waals surface area contributed by atoms with Crippen LogP contribution in [0.4, 0.5) is 5.82 Å². The van der Waals surface area contributed by atoms with Crippen molar-refractivity contribution in [2.75, 3.05) is 5.32 Å². The number of H-pyrrole nitrogens is 1. The largest absolute Gasteiger partial charge is 0.306 e. The highest BCUT2D eigenvalue weighted by Gasteiger charge is 2.06. The molecule has 2 rings (SSSR count). The zero-order valence-corrected chi connectivity index (χ0v) is 9.15. The third kappa shape index (κ3) is 2.41. The van der Waals surface area contributed by atoms with Crippen molar-refractivity contribution in [3.05, 3.63) is 40.8 Å². The fourth-order valence-corrected chi connectivity index (χ4v) is 1.25. The van der Waals surface area contributed by atoms with Crippen molar-refractivity contribution in [3.8, 4) is 0 Å². The molecule has 0 aromatic carbocycles. The van der Waals surface area contributed by atoms with Gasteiger partial charge in [-0.15, -0.1) is 0 Å². The van der Waals surface area contributed by atoms with E-state index in [0.717, 1.165) is 4.47 Å². The molecule has 0 atom stereocenters. The fourth-order valence-electron chi connectivity index (χ4n) is 1.01. The summed E-state index contributed by atoms with van der Waals surface area (Å²) >= 11 is 3.26. The van der Waals surface area contributed by atoms with Gasteiger partial charge in [0.2, 0.25) is 0 Å². The van der Waals surface area contributed by atoms with Crippen molar-refractivity contribution in [3.63, 3.8) is 0 Å². The van der Waals surface area contributed by atoms with Gasteiger partial charge in [-0.05, 0) is 28.1 Å². The van der Waals surface area contributed by atoms with Crippen LogP contribution in [-0.2, 0) is 0 Å². The number of aromatic nitrogens is 3. The third-order valence-electron chi connectivity index (χ3n) is 1.73. The van der Waals surface area contributed by atoms with E-state index in [1.54, 1.807) is 18.3 Å². The van der Waals surface area contributed by atoms with E-state index in [-0.39, 0.29) is 5.91 Å². The molecule has 0 spiro atoms. The van der Waals surface area contributed by atoms with Crippen LogP contribution in [-0.4, -0.2) is 21.1 Å². The van der Waals surface area contributed by atoms with Crippen LogP contribution in [0.2, 0.25) is 0 Å². The Morgan fingerprint density at radius 3 is 2.87 bits per heavy atom. The topological polar surface area (TPSA) is 70.7 Å². The average Bonchev–Trinajstić information content (AvgIpc) is 2.74. The number of carbonyl (C=O) groups excluding carboxylic acids is 1. The summed E-state index contributed by atoms with van der Waals surface area (Å²) in [5, 5.41) is 8.89. The number of rotatable bonds is 2. The quantitative estimate of drug-likeness (QED) is 0.871. The van der Waals surface area contributed by atoms with E-state index < -0.39 is 0 Å². The van der Waals surface area contributed by atoms with Crippen molar-refractivity contribution in [1.29, 1.82) is 0 Å². The Morgan fingerprint density at radius 1 is 1.40 bits per heavy atom. The molecule has 6 heteroatoms. The Hall–Kier alpha value is -1.69. The van der Waals surface area contributed by atoms with Crippen LogP contribution in [0.25, 0.3) is 0 Å². The number of nitrogens with zero attached hydrogens (tertiary/aromatic N) is 2. The second-order valence-corrected chi connectivity index (χ2v) is 3.72. The van der Waals surface area contributed by atoms with Crippen LogP contribution >= 0.6 is 15.9 Å². The van der Waals surface area contributed by atoms with Gasteiger partial charge in [-0.25, -0.2) is 4.98 Å². The van der Waals surface area contributed by atoms with E-state index in [0.29, 0.717) is 11.4 Å². The Balaban J connectivity index is 2.09. The maximum Gasteiger partial charge on any atom is 0.259 e. The molecule has 0 saturated heterocycles. The lowest BCUT2D eigenvalue weighted by Crippen LogP contribution is -2.11. The molecule has 0 fully saturated rings. The molecule has 2 aromatic rings. The van der Waals surface area contributed by atoms with E-state index in [1.165, 1.54) is 12.4 Å².